The molecular weight excluding hydrogens is 196 g/mol. The molecule has 0 fully saturated rings. The van der Waals surface area contributed by atoms with E-state index in [9.17, 15) is 5.11 Å². The predicted octanol–water partition coefficient (Wildman–Crippen LogP) is 3.77. The Morgan fingerprint density at radius 3 is 1.75 bits per heavy atom. The van der Waals surface area contributed by atoms with Gasteiger partial charge in [-0.05, 0) is 27.5 Å². The second-order valence-electron chi connectivity index (χ2n) is 6.54. The molecule has 0 bridgehead atoms. The zero-order valence-electron chi connectivity index (χ0n) is 11.4. The van der Waals surface area contributed by atoms with Gasteiger partial charge in [-0.15, -0.1) is 0 Å². The zero-order valence-corrected chi connectivity index (χ0v) is 11.4. The first-order valence-electron chi connectivity index (χ1n) is 5.91. The molecule has 0 amide bonds. The smallest absolute Gasteiger partial charge is 0.0681 e. The van der Waals surface area contributed by atoms with Gasteiger partial charge in [0.1, 0.15) is 0 Å². The van der Waals surface area contributed by atoms with Crippen molar-refractivity contribution in [2.75, 3.05) is 0 Å². The van der Waals surface area contributed by atoms with E-state index in [1.54, 1.807) is 0 Å². The van der Waals surface area contributed by atoms with E-state index in [1.165, 1.54) is 11.1 Å². The van der Waals surface area contributed by atoms with Crippen LogP contribution in [0.3, 0.4) is 0 Å². The highest BCUT2D eigenvalue weighted by Crippen LogP contribution is 2.34. The molecule has 0 saturated carbocycles. The highest BCUT2D eigenvalue weighted by Gasteiger charge is 2.24. The molecule has 90 valence electrons. The average Bonchev–Trinajstić information content (AvgIpc) is 2.14. The normalized spacial score (nSPS) is 12.9. The van der Waals surface area contributed by atoms with Gasteiger partial charge in [-0.2, -0.15) is 0 Å². The van der Waals surface area contributed by atoms with Crippen molar-refractivity contribution in [3.05, 3.63) is 34.9 Å². The average molecular weight is 220 g/mol. The molecule has 0 aromatic heterocycles. The first kappa shape index (κ1) is 13.2. The molecule has 16 heavy (non-hydrogen) atoms. The number of aliphatic hydroxyl groups is 1. The lowest BCUT2D eigenvalue weighted by Gasteiger charge is -2.30. The lowest BCUT2D eigenvalue weighted by atomic mass is 9.75. The first-order chi connectivity index (χ1) is 7.16. The standard InChI is InChI=1S/C15H24O/c1-14(2,3)12-8-7-11(10-16)9-13(12)15(4,5)6/h7-9,16H,10H2,1-6H3. The minimum Gasteiger partial charge on any atom is -0.392 e. The third-order valence-corrected chi connectivity index (χ3v) is 2.88. The van der Waals surface area contributed by atoms with Crippen molar-refractivity contribution in [2.45, 2.75) is 59.0 Å². The molecular formula is C15H24O. The summed E-state index contributed by atoms with van der Waals surface area (Å²) in [5.74, 6) is 0. The van der Waals surface area contributed by atoms with Crippen LogP contribution in [0.1, 0.15) is 58.2 Å². The van der Waals surface area contributed by atoms with Gasteiger partial charge in [-0.3, -0.25) is 0 Å². The second-order valence-corrected chi connectivity index (χ2v) is 6.54. The molecule has 0 spiro atoms. The molecule has 0 unspecified atom stereocenters. The molecule has 0 heterocycles. The maximum Gasteiger partial charge on any atom is 0.0681 e. The molecule has 0 radical (unpaired) electrons. The van der Waals surface area contributed by atoms with Gasteiger partial charge in [0.05, 0.1) is 6.61 Å². The van der Waals surface area contributed by atoms with Crippen molar-refractivity contribution in [1.29, 1.82) is 0 Å². The quantitative estimate of drug-likeness (QED) is 0.763. The highest BCUT2D eigenvalue weighted by molar-refractivity contribution is 5.40. The van der Waals surface area contributed by atoms with Crippen LogP contribution in [0.5, 0.6) is 0 Å². The maximum atomic E-state index is 9.22. The maximum absolute atomic E-state index is 9.22. The van der Waals surface area contributed by atoms with Crippen LogP contribution in [0.2, 0.25) is 0 Å². The van der Waals surface area contributed by atoms with Crippen molar-refractivity contribution in [3.8, 4) is 0 Å². The molecule has 1 rings (SSSR count). The minimum absolute atomic E-state index is 0.119. The van der Waals surface area contributed by atoms with E-state index in [-0.39, 0.29) is 17.4 Å². The molecule has 0 saturated heterocycles. The third kappa shape index (κ3) is 2.85. The molecule has 0 aliphatic rings. The Bertz CT molecular complexity index is 364. The summed E-state index contributed by atoms with van der Waals surface area (Å²) in [6.45, 7) is 13.5. The highest BCUT2D eigenvalue weighted by atomic mass is 16.3. The molecule has 1 aromatic rings. The number of aliphatic hydroxyl groups excluding tert-OH is 1. The fraction of sp³-hybridized carbons (Fsp3) is 0.600. The summed E-state index contributed by atoms with van der Waals surface area (Å²) in [4.78, 5) is 0. The molecule has 1 N–H and O–H groups in total. The summed E-state index contributed by atoms with van der Waals surface area (Å²) in [5, 5.41) is 9.22. The van der Waals surface area contributed by atoms with Crippen molar-refractivity contribution in [3.63, 3.8) is 0 Å². The Labute approximate surface area is 99.5 Å². The Hall–Kier alpha value is -0.820. The number of hydrogen-bond donors (Lipinski definition) is 1. The number of benzene rings is 1. The Morgan fingerprint density at radius 2 is 1.38 bits per heavy atom. The summed E-state index contributed by atoms with van der Waals surface area (Å²) < 4.78 is 0. The summed E-state index contributed by atoms with van der Waals surface area (Å²) >= 11 is 0. The largest absolute Gasteiger partial charge is 0.392 e. The van der Waals surface area contributed by atoms with Gasteiger partial charge < -0.3 is 5.11 Å². The Kier molecular flexibility index (Phi) is 3.49. The zero-order chi connectivity index (χ0) is 12.6. The van der Waals surface area contributed by atoms with Crippen LogP contribution in [-0.4, -0.2) is 5.11 Å². The predicted molar refractivity (Wildman–Crippen MR) is 69.8 cm³/mol. The monoisotopic (exact) mass is 220 g/mol. The van der Waals surface area contributed by atoms with Crippen LogP contribution in [0.4, 0.5) is 0 Å². The van der Waals surface area contributed by atoms with Gasteiger partial charge >= 0.3 is 0 Å². The van der Waals surface area contributed by atoms with E-state index in [1.807, 2.05) is 6.07 Å². The van der Waals surface area contributed by atoms with Gasteiger partial charge in [0, 0.05) is 0 Å². The fourth-order valence-electron chi connectivity index (χ4n) is 1.96. The van der Waals surface area contributed by atoms with E-state index in [2.05, 4.69) is 53.7 Å². The van der Waals surface area contributed by atoms with Crippen molar-refractivity contribution < 1.29 is 5.11 Å². The molecule has 1 heteroatoms. The molecule has 0 aliphatic carbocycles. The second kappa shape index (κ2) is 4.21. The van der Waals surface area contributed by atoms with Crippen LogP contribution in [-0.2, 0) is 17.4 Å². The molecule has 0 aliphatic heterocycles. The van der Waals surface area contributed by atoms with E-state index in [4.69, 9.17) is 0 Å². The van der Waals surface area contributed by atoms with Crippen LogP contribution >= 0.6 is 0 Å². The van der Waals surface area contributed by atoms with Crippen molar-refractivity contribution in [2.24, 2.45) is 0 Å². The van der Waals surface area contributed by atoms with Gasteiger partial charge in [0.25, 0.3) is 0 Å². The summed E-state index contributed by atoms with van der Waals surface area (Å²) in [7, 11) is 0. The van der Waals surface area contributed by atoms with E-state index in [0.717, 1.165) is 5.56 Å². The fourth-order valence-corrected chi connectivity index (χ4v) is 1.96. The minimum atomic E-state index is 0.119. The third-order valence-electron chi connectivity index (χ3n) is 2.88. The van der Waals surface area contributed by atoms with Gasteiger partial charge in [-0.25, -0.2) is 0 Å². The lowest BCUT2D eigenvalue weighted by Crippen LogP contribution is -2.22. The molecule has 1 nitrogen and oxygen atoms in total. The van der Waals surface area contributed by atoms with Crippen LogP contribution in [0.15, 0.2) is 18.2 Å². The number of rotatable bonds is 1. The SMILES string of the molecule is CC(C)(C)c1ccc(CO)cc1C(C)(C)C. The van der Waals surface area contributed by atoms with Crippen molar-refractivity contribution >= 4 is 0 Å². The van der Waals surface area contributed by atoms with Crippen LogP contribution < -0.4 is 0 Å². The Balaban J connectivity index is 3.40. The summed E-state index contributed by atoms with van der Waals surface area (Å²) in [6, 6.07) is 6.32. The van der Waals surface area contributed by atoms with Gasteiger partial charge in [0.15, 0.2) is 0 Å². The summed E-state index contributed by atoms with van der Waals surface area (Å²) in [5.41, 5.74) is 3.98. The Morgan fingerprint density at radius 1 is 0.875 bits per heavy atom. The topological polar surface area (TPSA) is 20.2 Å². The van der Waals surface area contributed by atoms with E-state index in [0.29, 0.717) is 0 Å². The first-order valence-corrected chi connectivity index (χ1v) is 5.91. The number of hydrogen-bond acceptors (Lipinski definition) is 1. The van der Waals surface area contributed by atoms with Gasteiger partial charge in [-0.1, -0.05) is 59.7 Å². The lowest BCUT2D eigenvalue weighted by molar-refractivity contribution is 0.281. The van der Waals surface area contributed by atoms with E-state index < -0.39 is 0 Å². The molecule has 0 atom stereocenters. The van der Waals surface area contributed by atoms with E-state index >= 15 is 0 Å². The summed E-state index contributed by atoms with van der Waals surface area (Å²) in [6.07, 6.45) is 0. The van der Waals surface area contributed by atoms with Crippen LogP contribution in [0, 0.1) is 0 Å². The van der Waals surface area contributed by atoms with Crippen LogP contribution in [0.25, 0.3) is 0 Å². The van der Waals surface area contributed by atoms with Crippen molar-refractivity contribution in [1.82, 2.24) is 0 Å². The van der Waals surface area contributed by atoms with Gasteiger partial charge in [0.2, 0.25) is 0 Å². The molecule has 1 aromatic carbocycles.